The molecule has 1 atom stereocenters. The predicted octanol–water partition coefficient (Wildman–Crippen LogP) is 3.34. The third-order valence-electron chi connectivity index (χ3n) is 3.39. The van der Waals surface area contributed by atoms with Crippen LogP contribution in [0.4, 0.5) is 0 Å². The quantitative estimate of drug-likeness (QED) is 0.816. The molecule has 0 aliphatic heterocycles. The SMILES string of the molecule is C[C@H]1CCCC/C1=N/NC(=O)c1cc(Cl)ccc1O. The van der Waals surface area contributed by atoms with Crippen LogP contribution in [0.2, 0.25) is 5.02 Å². The van der Waals surface area contributed by atoms with E-state index in [0.29, 0.717) is 10.9 Å². The van der Waals surface area contributed by atoms with Gasteiger partial charge in [-0.05, 0) is 43.4 Å². The second kappa shape index (κ2) is 6.06. The Kier molecular flexibility index (Phi) is 4.43. The van der Waals surface area contributed by atoms with Gasteiger partial charge < -0.3 is 5.11 Å². The van der Waals surface area contributed by atoms with Crippen LogP contribution in [0, 0.1) is 5.92 Å². The number of halogens is 1. The summed E-state index contributed by atoms with van der Waals surface area (Å²) in [6.07, 6.45) is 4.35. The molecule has 1 aliphatic rings. The fourth-order valence-electron chi connectivity index (χ4n) is 2.21. The van der Waals surface area contributed by atoms with E-state index in [1.54, 1.807) is 0 Å². The Balaban J connectivity index is 2.08. The van der Waals surface area contributed by atoms with Crippen LogP contribution in [0.5, 0.6) is 5.75 Å². The van der Waals surface area contributed by atoms with E-state index in [4.69, 9.17) is 11.6 Å². The van der Waals surface area contributed by atoms with Gasteiger partial charge in [0, 0.05) is 10.7 Å². The van der Waals surface area contributed by atoms with Gasteiger partial charge in [-0.1, -0.05) is 24.9 Å². The number of hydrogen-bond donors (Lipinski definition) is 2. The zero-order valence-electron chi connectivity index (χ0n) is 10.8. The van der Waals surface area contributed by atoms with Crippen molar-refractivity contribution < 1.29 is 9.90 Å². The number of carbonyl (C=O) groups is 1. The topological polar surface area (TPSA) is 61.7 Å². The van der Waals surface area contributed by atoms with Gasteiger partial charge in [-0.25, -0.2) is 5.43 Å². The van der Waals surface area contributed by atoms with Gasteiger partial charge in [0.2, 0.25) is 0 Å². The molecule has 1 saturated carbocycles. The predicted molar refractivity (Wildman–Crippen MR) is 75.7 cm³/mol. The average molecular weight is 281 g/mol. The van der Waals surface area contributed by atoms with E-state index in [9.17, 15) is 9.90 Å². The molecule has 1 aliphatic carbocycles. The van der Waals surface area contributed by atoms with Crippen LogP contribution in [0.15, 0.2) is 23.3 Å². The zero-order chi connectivity index (χ0) is 13.8. The third-order valence-corrected chi connectivity index (χ3v) is 3.63. The molecule has 0 spiro atoms. The van der Waals surface area contributed by atoms with Crippen LogP contribution >= 0.6 is 11.6 Å². The highest BCUT2D eigenvalue weighted by atomic mass is 35.5. The number of hydrogen-bond acceptors (Lipinski definition) is 3. The minimum atomic E-state index is -0.440. The van der Waals surface area contributed by atoms with E-state index in [1.807, 2.05) is 0 Å². The number of nitrogens with zero attached hydrogens (tertiary/aromatic N) is 1. The first-order valence-electron chi connectivity index (χ1n) is 6.43. The Bertz CT molecular complexity index is 514. The van der Waals surface area contributed by atoms with E-state index in [0.717, 1.165) is 25.0 Å². The lowest BCUT2D eigenvalue weighted by Gasteiger charge is -2.19. The number of phenolic OH excluding ortho intramolecular Hbond substituents is 1. The van der Waals surface area contributed by atoms with Crippen molar-refractivity contribution in [2.75, 3.05) is 0 Å². The molecule has 0 aromatic heterocycles. The van der Waals surface area contributed by atoms with Crippen molar-refractivity contribution in [1.82, 2.24) is 5.43 Å². The molecule has 2 rings (SSSR count). The van der Waals surface area contributed by atoms with Crippen molar-refractivity contribution >= 4 is 23.2 Å². The van der Waals surface area contributed by atoms with Gasteiger partial charge in [-0.15, -0.1) is 0 Å². The molecule has 1 fully saturated rings. The van der Waals surface area contributed by atoms with Gasteiger partial charge in [-0.2, -0.15) is 5.10 Å². The number of aromatic hydroxyl groups is 1. The monoisotopic (exact) mass is 280 g/mol. The highest BCUT2D eigenvalue weighted by molar-refractivity contribution is 6.31. The van der Waals surface area contributed by atoms with Gasteiger partial charge in [0.1, 0.15) is 5.75 Å². The third kappa shape index (κ3) is 3.47. The maximum absolute atomic E-state index is 11.9. The van der Waals surface area contributed by atoms with Crippen molar-refractivity contribution in [1.29, 1.82) is 0 Å². The minimum Gasteiger partial charge on any atom is -0.507 e. The molecule has 19 heavy (non-hydrogen) atoms. The van der Waals surface area contributed by atoms with Gasteiger partial charge in [0.05, 0.1) is 5.56 Å². The highest BCUT2D eigenvalue weighted by Gasteiger charge is 2.17. The minimum absolute atomic E-state index is 0.0983. The van der Waals surface area contributed by atoms with Crippen LogP contribution in [0.3, 0.4) is 0 Å². The molecular formula is C14H17ClN2O2. The average Bonchev–Trinajstić information content (AvgIpc) is 2.40. The molecular weight excluding hydrogens is 264 g/mol. The number of rotatable bonds is 2. The molecule has 2 N–H and O–H groups in total. The van der Waals surface area contributed by atoms with Crippen LogP contribution in [0.1, 0.15) is 43.0 Å². The standard InChI is InChI=1S/C14H17ClN2O2/c1-9-4-2-3-5-12(9)16-17-14(19)11-8-10(15)6-7-13(11)18/h6-9,18H,2-5H2,1H3,(H,17,19)/b16-12-/t9-/m0/s1. The van der Waals surface area contributed by atoms with Gasteiger partial charge in [0.15, 0.2) is 0 Å². The number of amides is 1. The molecule has 1 aromatic rings. The highest BCUT2D eigenvalue weighted by Crippen LogP contribution is 2.22. The van der Waals surface area contributed by atoms with Crippen molar-refractivity contribution in [2.45, 2.75) is 32.6 Å². The maximum Gasteiger partial charge on any atom is 0.275 e. The van der Waals surface area contributed by atoms with E-state index >= 15 is 0 Å². The van der Waals surface area contributed by atoms with E-state index in [-0.39, 0.29) is 11.3 Å². The number of nitrogens with one attached hydrogen (secondary N) is 1. The first kappa shape index (κ1) is 13.9. The van der Waals surface area contributed by atoms with Crippen molar-refractivity contribution in [3.05, 3.63) is 28.8 Å². The summed E-state index contributed by atoms with van der Waals surface area (Å²) in [5, 5.41) is 14.2. The summed E-state index contributed by atoms with van der Waals surface area (Å²) in [4.78, 5) is 11.9. The second-order valence-electron chi connectivity index (χ2n) is 4.85. The Hall–Kier alpha value is -1.55. The normalized spacial score (nSPS) is 21.4. The van der Waals surface area contributed by atoms with Crippen LogP contribution in [-0.4, -0.2) is 16.7 Å². The zero-order valence-corrected chi connectivity index (χ0v) is 11.6. The van der Waals surface area contributed by atoms with Crippen molar-refractivity contribution in [3.8, 4) is 5.75 Å². The van der Waals surface area contributed by atoms with Gasteiger partial charge in [-0.3, -0.25) is 4.79 Å². The molecule has 0 unspecified atom stereocenters. The molecule has 4 nitrogen and oxygen atoms in total. The summed E-state index contributed by atoms with van der Waals surface area (Å²) >= 11 is 5.81. The smallest absolute Gasteiger partial charge is 0.275 e. The summed E-state index contributed by atoms with van der Waals surface area (Å²) in [6.45, 7) is 2.11. The molecule has 1 amide bonds. The molecule has 0 saturated heterocycles. The Labute approximate surface area is 117 Å². The lowest BCUT2D eigenvalue weighted by molar-refractivity contribution is 0.0951. The van der Waals surface area contributed by atoms with Gasteiger partial charge in [0.25, 0.3) is 5.91 Å². The lowest BCUT2D eigenvalue weighted by Crippen LogP contribution is -2.24. The molecule has 1 aromatic carbocycles. The van der Waals surface area contributed by atoms with Crippen LogP contribution in [-0.2, 0) is 0 Å². The van der Waals surface area contributed by atoms with E-state index in [2.05, 4.69) is 17.5 Å². The molecule has 102 valence electrons. The number of carbonyl (C=O) groups excluding carboxylic acids is 1. The van der Waals surface area contributed by atoms with Crippen molar-refractivity contribution in [2.24, 2.45) is 11.0 Å². The Morgan fingerprint density at radius 3 is 3.00 bits per heavy atom. The van der Waals surface area contributed by atoms with Crippen LogP contribution in [0.25, 0.3) is 0 Å². The number of hydrazone groups is 1. The summed E-state index contributed by atoms with van der Waals surface area (Å²) < 4.78 is 0. The summed E-state index contributed by atoms with van der Waals surface area (Å²) in [5.41, 5.74) is 3.65. The Morgan fingerprint density at radius 1 is 1.47 bits per heavy atom. The molecule has 0 radical (unpaired) electrons. The fourth-order valence-corrected chi connectivity index (χ4v) is 2.38. The number of phenols is 1. The first-order valence-corrected chi connectivity index (χ1v) is 6.81. The summed E-state index contributed by atoms with van der Waals surface area (Å²) in [6, 6.07) is 4.35. The van der Waals surface area contributed by atoms with E-state index < -0.39 is 5.91 Å². The fraction of sp³-hybridized carbons (Fsp3) is 0.429. The largest absolute Gasteiger partial charge is 0.507 e. The molecule has 0 heterocycles. The second-order valence-corrected chi connectivity index (χ2v) is 5.29. The first-order chi connectivity index (χ1) is 9.08. The lowest BCUT2D eigenvalue weighted by atomic mass is 9.89. The molecule has 5 heteroatoms. The Morgan fingerprint density at radius 2 is 2.26 bits per heavy atom. The number of benzene rings is 1. The summed E-state index contributed by atoms with van der Waals surface area (Å²) in [7, 11) is 0. The molecule has 0 bridgehead atoms. The maximum atomic E-state index is 11.9. The van der Waals surface area contributed by atoms with Gasteiger partial charge >= 0.3 is 0 Å². The summed E-state index contributed by atoms with van der Waals surface area (Å²) in [5.74, 6) is -0.133. The van der Waals surface area contributed by atoms with Crippen molar-refractivity contribution in [3.63, 3.8) is 0 Å². The van der Waals surface area contributed by atoms with Crippen LogP contribution < -0.4 is 5.43 Å². The van der Waals surface area contributed by atoms with E-state index in [1.165, 1.54) is 24.6 Å².